The van der Waals surface area contributed by atoms with Gasteiger partial charge in [0.1, 0.15) is 0 Å². The number of nitrogens with zero attached hydrogens (tertiary/aromatic N) is 1. The monoisotopic (exact) mass is 367 g/mol. The predicted molar refractivity (Wildman–Crippen MR) is 87.3 cm³/mol. The summed E-state index contributed by atoms with van der Waals surface area (Å²) in [5.41, 5.74) is 2.97. The second-order valence-corrected chi connectivity index (χ2v) is 7.08. The third kappa shape index (κ3) is 4.07. The van der Waals surface area contributed by atoms with Crippen molar-refractivity contribution < 1.29 is 14.3 Å². The van der Waals surface area contributed by atoms with E-state index in [0.29, 0.717) is 11.0 Å². The van der Waals surface area contributed by atoms with Crippen LogP contribution < -0.4 is 0 Å². The van der Waals surface area contributed by atoms with Crippen LogP contribution in [0, 0.1) is 6.92 Å². The molecule has 118 valence electrons. The normalized spacial score (nSPS) is 10.7. The first-order valence-corrected chi connectivity index (χ1v) is 9.10. The Bertz CT molecular complexity index is 637. The molecule has 0 saturated heterocycles. The average molecular weight is 366 g/mol. The van der Waals surface area contributed by atoms with E-state index in [0.717, 1.165) is 40.8 Å². The molecule has 1 heterocycles. The van der Waals surface area contributed by atoms with Crippen LogP contribution in [0.2, 0.25) is 0 Å². The van der Waals surface area contributed by atoms with Crippen molar-refractivity contribution in [1.82, 2.24) is 4.98 Å². The molecule has 22 heavy (non-hydrogen) atoms. The number of hydrogen-bond donors (Lipinski definition) is 0. The zero-order valence-corrected chi connectivity index (χ0v) is 14.9. The third-order valence-electron chi connectivity index (χ3n) is 3.31. The van der Waals surface area contributed by atoms with Gasteiger partial charge in [-0.25, -0.2) is 0 Å². The number of hydrogen-bond acceptors (Lipinski definition) is 4. The van der Waals surface area contributed by atoms with Gasteiger partial charge in [0.05, 0.1) is 0 Å². The standard InChI is InChI=1S/C17H21NO3Se/c1-4-5-10-21-11-13-8-6-7-9-14(13)16-18-12(2)15(22-16)17(19)20-3/h6-9H,4-5,10-11H2,1-3H3. The summed E-state index contributed by atoms with van der Waals surface area (Å²) in [4.78, 5) is 16.3. The summed E-state index contributed by atoms with van der Waals surface area (Å²) in [5, 5.41) is 0. The number of aryl methyl sites for hydroxylation is 1. The Morgan fingerprint density at radius 2 is 2.09 bits per heavy atom. The van der Waals surface area contributed by atoms with Crippen LogP contribution >= 0.6 is 0 Å². The molecule has 4 nitrogen and oxygen atoms in total. The number of methoxy groups -OCH3 is 1. The van der Waals surface area contributed by atoms with Gasteiger partial charge in [-0.1, -0.05) is 0 Å². The van der Waals surface area contributed by atoms with Gasteiger partial charge in [-0.2, -0.15) is 0 Å². The molecule has 1 aromatic heterocycles. The molecule has 1 aromatic carbocycles. The number of benzene rings is 1. The summed E-state index contributed by atoms with van der Waals surface area (Å²) in [6, 6.07) is 8.11. The molecule has 0 unspecified atom stereocenters. The summed E-state index contributed by atoms with van der Waals surface area (Å²) in [6.45, 7) is 5.36. The summed E-state index contributed by atoms with van der Waals surface area (Å²) < 4.78 is 12.2. The summed E-state index contributed by atoms with van der Waals surface area (Å²) >= 11 is -0.114. The summed E-state index contributed by atoms with van der Waals surface area (Å²) in [6.07, 6.45) is 2.20. The Labute approximate surface area is 137 Å². The van der Waals surface area contributed by atoms with Crippen molar-refractivity contribution in [2.45, 2.75) is 33.3 Å². The number of carbonyl (C=O) groups excluding carboxylic acids is 1. The molecule has 0 saturated carbocycles. The zero-order valence-electron chi connectivity index (χ0n) is 13.2. The van der Waals surface area contributed by atoms with Gasteiger partial charge in [0.25, 0.3) is 0 Å². The molecular formula is C17H21NO3Se. The Kier molecular flexibility index (Phi) is 6.37. The maximum atomic E-state index is 11.8. The van der Waals surface area contributed by atoms with Gasteiger partial charge in [0.2, 0.25) is 0 Å². The number of ether oxygens (including phenoxy) is 2. The molecule has 2 rings (SSSR count). The van der Waals surface area contributed by atoms with Gasteiger partial charge < -0.3 is 0 Å². The molecule has 0 aliphatic carbocycles. The van der Waals surface area contributed by atoms with Gasteiger partial charge >= 0.3 is 137 Å². The fourth-order valence-electron chi connectivity index (χ4n) is 2.08. The van der Waals surface area contributed by atoms with E-state index in [1.165, 1.54) is 7.11 Å². The van der Waals surface area contributed by atoms with Gasteiger partial charge in [0, 0.05) is 0 Å². The van der Waals surface area contributed by atoms with E-state index in [4.69, 9.17) is 9.47 Å². The van der Waals surface area contributed by atoms with Crippen molar-refractivity contribution in [1.29, 1.82) is 0 Å². The molecule has 0 aliphatic heterocycles. The first-order valence-electron chi connectivity index (χ1n) is 7.39. The second kappa shape index (κ2) is 8.27. The third-order valence-corrected chi connectivity index (χ3v) is 5.77. The molecule has 5 heteroatoms. The molecular weight excluding hydrogens is 345 g/mol. The molecule has 0 bridgehead atoms. The van der Waals surface area contributed by atoms with Crippen molar-refractivity contribution >= 4 is 20.5 Å². The first-order chi connectivity index (χ1) is 10.7. The molecule has 0 radical (unpaired) electrons. The second-order valence-electron chi connectivity index (χ2n) is 4.99. The topological polar surface area (TPSA) is 48.4 Å². The number of aromatic nitrogens is 1. The average Bonchev–Trinajstić information content (AvgIpc) is 2.93. The van der Waals surface area contributed by atoms with Crippen LogP contribution in [0.15, 0.2) is 24.3 Å². The molecule has 0 fully saturated rings. The van der Waals surface area contributed by atoms with E-state index in [-0.39, 0.29) is 20.5 Å². The molecule has 0 spiro atoms. The van der Waals surface area contributed by atoms with Crippen molar-refractivity contribution in [3.05, 3.63) is 40.0 Å². The SMILES string of the molecule is CCCCOCc1ccccc1-c1nc(C)c(C(=O)OC)[se]1. The predicted octanol–water partition coefficient (Wildman–Crippen LogP) is 3.22. The molecule has 2 aromatic rings. The summed E-state index contributed by atoms with van der Waals surface area (Å²) in [5.74, 6) is -0.270. The number of esters is 1. The molecule has 0 amide bonds. The van der Waals surface area contributed by atoms with Gasteiger partial charge in [-0.05, 0) is 0 Å². The quantitative estimate of drug-likeness (QED) is 0.429. The van der Waals surface area contributed by atoms with Gasteiger partial charge in [0.15, 0.2) is 0 Å². The molecule has 0 atom stereocenters. The van der Waals surface area contributed by atoms with E-state index in [1.807, 2.05) is 25.1 Å². The number of unbranched alkanes of at least 4 members (excludes halogenated alkanes) is 1. The Hall–Kier alpha value is -1.42. The van der Waals surface area contributed by atoms with Crippen molar-refractivity contribution in [3.63, 3.8) is 0 Å². The van der Waals surface area contributed by atoms with Crippen LogP contribution in [0.25, 0.3) is 10.1 Å². The van der Waals surface area contributed by atoms with E-state index in [1.54, 1.807) is 0 Å². The zero-order chi connectivity index (χ0) is 15.9. The number of carbonyl (C=O) groups is 1. The minimum absolute atomic E-state index is 0.114. The molecule has 0 aliphatic rings. The van der Waals surface area contributed by atoms with Crippen LogP contribution in [0.1, 0.15) is 40.3 Å². The first kappa shape index (κ1) is 16.9. The summed E-state index contributed by atoms with van der Waals surface area (Å²) in [7, 11) is 1.41. The maximum absolute atomic E-state index is 11.8. The van der Waals surface area contributed by atoms with Crippen LogP contribution in [0.3, 0.4) is 0 Å². The fourth-order valence-corrected chi connectivity index (χ4v) is 4.27. The van der Waals surface area contributed by atoms with E-state index < -0.39 is 0 Å². The van der Waals surface area contributed by atoms with Crippen LogP contribution in [-0.2, 0) is 16.1 Å². The van der Waals surface area contributed by atoms with Crippen LogP contribution in [0.4, 0.5) is 0 Å². The Morgan fingerprint density at radius 1 is 1.32 bits per heavy atom. The molecule has 0 N–H and O–H groups in total. The van der Waals surface area contributed by atoms with Crippen molar-refractivity contribution in [2.75, 3.05) is 13.7 Å². The van der Waals surface area contributed by atoms with Gasteiger partial charge in [-0.15, -0.1) is 0 Å². The minimum atomic E-state index is -0.270. The Balaban J connectivity index is 2.23. The fraction of sp³-hybridized carbons (Fsp3) is 0.412. The van der Waals surface area contributed by atoms with Gasteiger partial charge in [-0.3, -0.25) is 0 Å². The van der Waals surface area contributed by atoms with E-state index in [9.17, 15) is 4.79 Å². The number of rotatable bonds is 7. The van der Waals surface area contributed by atoms with Crippen LogP contribution in [0.5, 0.6) is 0 Å². The Morgan fingerprint density at radius 3 is 2.82 bits per heavy atom. The van der Waals surface area contributed by atoms with Crippen molar-refractivity contribution in [2.24, 2.45) is 0 Å². The van der Waals surface area contributed by atoms with Crippen LogP contribution in [-0.4, -0.2) is 39.2 Å². The van der Waals surface area contributed by atoms with E-state index >= 15 is 0 Å². The van der Waals surface area contributed by atoms with E-state index in [2.05, 4.69) is 18.0 Å². The van der Waals surface area contributed by atoms with Crippen molar-refractivity contribution in [3.8, 4) is 10.1 Å².